The minimum atomic E-state index is -3.83. The van der Waals surface area contributed by atoms with Gasteiger partial charge in [-0.1, -0.05) is 0 Å². The van der Waals surface area contributed by atoms with Crippen molar-refractivity contribution in [1.29, 1.82) is 0 Å². The lowest BCUT2D eigenvalue weighted by Crippen LogP contribution is -2.51. The number of hydrogen-bond acceptors (Lipinski definition) is 3. The first-order chi connectivity index (χ1) is 8.39. The van der Waals surface area contributed by atoms with E-state index in [0.29, 0.717) is 25.7 Å². The van der Waals surface area contributed by atoms with Crippen LogP contribution in [0.25, 0.3) is 0 Å². The molecule has 1 aliphatic heterocycles. The highest BCUT2D eigenvalue weighted by Gasteiger charge is 2.29. The third-order valence-electron chi connectivity index (χ3n) is 2.81. The largest absolute Gasteiger partial charge is 0.312 e. The highest BCUT2D eigenvalue weighted by molar-refractivity contribution is 7.89. The third kappa shape index (κ3) is 2.68. The summed E-state index contributed by atoms with van der Waals surface area (Å²) in [6, 6.07) is 2.35. The molecule has 100 valence electrons. The third-order valence-corrected chi connectivity index (χ3v) is 4.65. The zero-order valence-electron chi connectivity index (χ0n) is 9.86. The fourth-order valence-electron chi connectivity index (χ4n) is 1.94. The molecule has 1 saturated heterocycles. The highest BCUT2D eigenvalue weighted by atomic mass is 32.2. The van der Waals surface area contributed by atoms with Crippen LogP contribution in [0.5, 0.6) is 0 Å². The zero-order valence-corrected chi connectivity index (χ0v) is 10.7. The number of hydrogen-bond donors (Lipinski definition) is 1. The van der Waals surface area contributed by atoms with Gasteiger partial charge < -0.3 is 5.32 Å². The summed E-state index contributed by atoms with van der Waals surface area (Å²) >= 11 is 0. The first-order valence-electron chi connectivity index (χ1n) is 5.59. The van der Waals surface area contributed by atoms with Crippen LogP contribution in [-0.2, 0) is 10.0 Å². The van der Waals surface area contributed by atoms with Gasteiger partial charge in [-0.3, -0.25) is 0 Å². The summed E-state index contributed by atoms with van der Waals surface area (Å²) in [4.78, 5) is -0.339. The lowest BCUT2D eigenvalue weighted by Gasteiger charge is -2.30. The molecule has 1 aromatic rings. The lowest BCUT2D eigenvalue weighted by molar-refractivity contribution is 0.310. The summed E-state index contributed by atoms with van der Waals surface area (Å²) in [5.74, 6) is -1.78. The molecule has 2 rings (SSSR count). The van der Waals surface area contributed by atoms with Crippen molar-refractivity contribution in [1.82, 2.24) is 9.62 Å². The Morgan fingerprint density at radius 1 is 1.28 bits per heavy atom. The second-order valence-corrected chi connectivity index (χ2v) is 6.26. The molecular weight excluding hydrogens is 262 g/mol. The van der Waals surface area contributed by atoms with Gasteiger partial charge >= 0.3 is 0 Å². The molecular formula is C11H14F2N2O2S. The SMILES string of the molecule is CC1CN(S(=O)(=O)c2cc(F)cc(F)c2)CCN1. The Balaban J connectivity index is 2.35. The van der Waals surface area contributed by atoms with Gasteiger partial charge in [0.05, 0.1) is 4.90 Å². The summed E-state index contributed by atoms with van der Waals surface area (Å²) in [5.41, 5.74) is 0. The molecule has 4 nitrogen and oxygen atoms in total. The maximum absolute atomic E-state index is 13.1. The molecule has 0 spiro atoms. The second kappa shape index (κ2) is 4.91. The smallest absolute Gasteiger partial charge is 0.243 e. The molecule has 0 saturated carbocycles. The molecule has 0 amide bonds. The summed E-state index contributed by atoms with van der Waals surface area (Å²) < 4.78 is 51.8. The first kappa shape index (κ1) is 13.4. The van der Waals surface area contributed by atoms with Crippen molar-refractivity contribution in [2.45, 2.75) is 17.9 Å². The van der Waals surface area contributed by atoms with E-state index >= 15 is 0 Å². The van der Waals surface area contributed by atoms with Crippen LogP contribution in [0.1, 0.15) is 6.92 Å². The van der Waals surface area contributed by atoms with Crippen LogP contribution in [0.3, 0.4) is 0 Å². The van der Waals surface area contributed by atoms with Crippen molar-refractivity contribution in [2.75, 3.05) is 19.6 Å². The maximum Gasteiger partial charge on any atom is 0.243 e. The molecule has 7 heteroatoms. The van der Waals surface area contributed by atoms with E-state index in [1.165, 1.54) is 4.31 Å². The summed E-state index contributed by atoms with van der Waals surface area (Å²) in [7, 11) is -3.83. The fourth-order valence-corrected chi connectivity index (χ4v) is 3.51. The molecule has 1 aromatic carbocycles. The van der Waals surface area contributed by atoms with Crippen molar-refractivity contribution >= 4 is 10.0 Å². The number of piperazine rings is 1. The maximum atomic E-state index is 13.1. The lowest BCUT2D eigenvalue weighted by atomic mass is 10.3. The molecule has 0 aromatic heterocycles. The van der Waals surface area contributed by atoms with E-state index in [2.05, 4.69) is 5.32 Å². The minimum absolute atomic E-state index is 0.0203. The van der Waals surface area contributed by atoms with E-state index in [1.807, 2.05) is 6.92 Å². The molecule has 1 aliphatic rings. The predicted molar refractivity (Wildman–Crippen MR) is 62.6 cm³/mol. The quantitative estimate of drug-likeness (QED) is 0.875. The number of sulfonamides is 1. The Morgan fingerprint density at radius 3 is 2.44 bits per heavy atom. The Kier molecular flexibility index (Phi) is 3.65. The average Bonchev–Trinajstić information content (AvgIpc) is 2.27. The van der Waals surface area contributed by atoms with Gasteiger partial charge in [-0.25, -0.2) is 17.2 Å². The van der Waals surface area contributed by atoms with Gasteiger partial charge in [0.2, 0.25) is 10.0 Å². The van der Waals surface area contributed by atoms with Crippen LogP contribution < -0.4 is 5.32 Å². The Hall–Kier alpha value is -1.05. The highest BCUT2D eigenvalue weighted by Crippen LogP contribution is 2.19. The van der Waals surface area contributed by atoms with Gasteiger partial charge in [-0.05, 0) is 19.1 Å². The Morgan fingerprint density at radius 2 is 1.89 bits per heavy atom. The number of benzene rings is 1. The van der Waals surface area contributed by atoms with Crippen molar-refractivity contribution < 1.29 is 17.2 Å². The molecule has 1 unspecified atom stereocenters. The van der Waals surface area contributed by atoms with Gasteiger partial charge in [0.25, 0.3) is 0 Å². The van der Waals surface area contributed by atoms with E-state index in [4.69, 9.17) is 0 Å². The van der Waals surface area contributed by atoms with Gasteiger partial charge in [-0.2, -0.15) is 4.31 Å². The molecule has 1 fully saturated rings. The summed E-state index contributed by atoms with van der Waals surface area (Å²) in [6.07, 6.45) is 0. The number of rotatable bonds is 2. The van der Waals surface area contributed by atoms with E-state index < -0.39 is 21.7 Å². The van der Waals surface area contributed by atoms with Gasteiger partial charge in [0.1, 0.15) is 11.6 Å². The van der Waals surface area contributed by atoms with Crippen LogP contribution in [0.15, 0.2) is 23.1 Å². The van der Waals surface area contributed by atoms with Crippen LogP contribution in [-0.4, -0.2) is 38.4 Å². The predicted octanol–water partition coefficient (Wildman–Crippen LogP) is 0.947. The van der Waals surface area contributed by atoms with E-state index in [-0.39, 0.29) is 10.9 Å². The van der Waals surface area contributed by atoms with Gasteiger partial charge in [-0.15, -0.1) is 0 Å². The Bertz CT molecular complexity index is 528. The summed E-state index contributed by atoms with van der Waals surface area (Å²) in [5, 5.41) is 3.10. The van der Waals surface area contributed by atoms with Crippen molar-refractivity contribution in [3.63, 3.8) is 0 Å². The first-order valence-corrected chi connectivity index (χ1v) is 7.03. The molecule has 0 radical (unpaired) electrons. The Labute approximate surface area is 105 Å². The van der Waals surface area contributed by atoms with Crippen molar-refractivity contribution in [2.24, 2.45) is 0 Å². The average molecular weight is 276 g/mol. The van der Waals surface area contributed by atoms with Crippen LogP contribution in [0.4, 0.5) is 8.78 Å². The fraction of sp³-hybridized carbons (Fsp3) is 0.455. The van der Waals surface area contributed by atoms with Crippen LogP contribution in [0, 0.1) is 11.6 Å². The molecule has 0 bridgehead atoms. The number of halogens is 2. The molecule has 0 aliphatic carbocycles. The zero-order chi connectivity index (χ0) is 13.3. The topological polar surface area (TPSA) is 49.4 Å². The summed E-state index contributed by atoms with van der Waals surface area (Å²) in [6.45, 7) is 2.97. The van der Waals surface area contributed by atoms with E-state index in [0.717, 1.165) is 12.1 Å². The number of nitrogens with zero attached hydrogens (tertiary/aromatic N) is 1. The van der Waals surface area contributed by atoms with Gasteiger partial charge in [0, 0.05) is 31.7 Å². The molecule has 1 atom stereocenters. The van der Waals surface area contributed by atoms with Crippen LogP contribution in [0.2, 0.25) is 0 Å². The second-order valence-electron chi connectivity index (χ2n) is 4.32. The van der Waals surface area contributed by atoms with Crippen molar-refractivity contribution in [3.05, 3.63) is 29.8 Å². The van der Waals surface area contributed by atoms with E-state index in [1.54, 1.807) is 0 Å². The molecule has 18 heavy (non-hydrogen) atoms. The molecule has 1 heterocycles. The van der Waals surface area contributed by atoms with E-state index in [9.17, 15) is 17.2 Å². The van der Waals surface area contributed by atoms with Gasteiger partial charge in [0.15, 0.2) is 0 Å². The minimum Gasteiger partial charge on any atom is -0.312 e. The van der Waals surface area contributed by atoms with Crippen molar-refractivity contribution in [3.8, 4) is 0 Å². The normalized spacial score (nSPS) is 22.1. The number of nitrogens with one attached hydrogen (secondary N) is 1. The standard InChI is InChI=1S/C11H14F2N2O2S/c1-8-7-15(3-2-14-8)18(16,17)11-5-9(12)4-10(13)6-11/h4-6,8,14H,2-3,7H2,1H3. The van der Waals surface area contributed by atoms with Crippen LogP contribution >= 0.6 is 0 Å². The molecule has 1 N–H and O–H groups in total. The monoisotopic (exact) mass is 276 g/mol.